The summed E-state index contributed by atoms with van der Waals surface area (Å²) < 4.78 is 15.5. The highest BCUT2D eigenvalue weighted by Crippen LogP contribution is 2.31. The molecule has 2 rings (SSSR count). The Balaban J connectivity index is 2.31. The fraction of sp³-hybridized carbons (Fsp3) is 0.286. The fourth-order valence-corrected chi connectivity index (χ4v) is 2.43. The number of rotatable bonds is 8. The molecule has 6 nitrogen and oxygen atoms in total. The van der Waals surface area contributed by atoms with E-state index in [1.165, 1.54) is 20.4 Å². The van der Waals surface area contributed by atoms with Crippen LogP contribution in [0.4, 0.5) is 5.69 Å². The summed E-state index contributed by atoms with van der Waals surface area (Å²) in [6, 6.07) is 12.1. The normalized spacial score (nSPS) is 11.9. The molecule has 0 aliphatic heterocycles. The molecule has 0 aromatic heterocycles. The van der Waals surface area contributed by atoms with E-state index in [2.05, 4.69) is 4.99 Å². The highest BCUT2D eigenvalue weighted by Gasteiger charge is 2.27. The van der Waals surface area contributed by atoms with Crippen molar-refractivity contribution in [2.45, 2.75) is 13.8 Å². The van der Waals surface area contributed by atoms with Crippen molar-refractivity contribution in [1.29, 1.82) is 0 Å². The lowest BCUT2D eigenvalue weighted by Crippen LogP contribution is -2.27. The third-order valence-corrected chi connectivity index (χ3v) is 3.90. The second-order valence-corrected chi connectivity index (χ2v) is 5.78. The van der Waals surface area contributed by atoms with E-state index in [9.17, 15) is 9.59 Å². The first kappa shape index (κ1) is 20.2. The minimum Gasteiger partial charge on any atom is -0.493 e. The van der Waals surface area contributed by atoms with Crippen molar-refractivity contribution in [1.82, 2.24) is 0 Å². The summed E-state index contributed by atoms with van der Waals surface area (Å²) in [7, 11) is 3.06. The van der Waals surface area contributed by atoms with E-state index in [-0.39, 0.29) is 12.4 Å². The van der Waals surface area contributed by atoms with Gasteiger partial charge in [-0.15, -0.1) is 0 Å². The van der Waals surface area contributed by atoms with E-state index in [1.807, 2.05) is 19.1 Å². The number of esters is 1. The molecule has 0 saturated carbocycles. The third-order valence-electron chi connectivity index (χ3n) is 3.90. The van der Waals surface area contributed by atoms with Gasteiger partial charge in [0.15, 0.2) is 23.2 Å². The molecule has 1 atom stereocenters. The quantitative estimate of drug-likeness (QED) is 0.306. The van der Waals surface area contributed by atoms with Gasteiger partial charge < -0.3 is 14.2 Å². The number of aryl methyl sites for hydroxylation is 1. The first-order chi connectivity index (χ1) is 13.0. The predicted molar refractivity (Wildman–Crippen MR) is 103 cm³/mol. The summed E-state index contributed by atoms with van der Waals surface area (Å²) in [6.45, 7) is 3.80. The number of hydrogen-bond acceptors (Lipinski definition) is 6. The molecule has 0 radical (unpaired) electrons. The van der Waals surface area contributed by atoms with Crippen LogP contribution in [0.15, 0.2) is 47.5 Å². The fourth-order valence-electron chi connectivity index (χ4n) is 2.43. The summed E-state index contributed by atoms with van der Waals surface area (Å²) in [5.41, 5.74) is 1.98. The number of aliphatic imine (C=N–C) groups is 1. The number of carbonyl (C=O) groups excluding carboxylic acids is 2. The van der Waals surface area contributed by atoms with Crippen LogP contribution in [0.1, 0.15) is 22.8 Å². The van der Waals surface area contributed by atoms with Gasteiger partial charge in [0.2, 0.25) is 0 Å². The van der Waals surface area contributed by atoms with Crippen molar-refractivity contribution in [3.63, 3.8) is 0 Å². The van der Waals surface area contributed by atoms with Crippen LogP contribution in [0.3, 0.4) is 0 Å². The van der Waals surface area contributed by atoms with Crippen molar-refractivity contribution in [2.24, 2.45) is 10.9 Å². The molecule has 0 aliphatic rings. The first-order valence-electron chi connectivity index (χ1n) is 8.53. The maximum atomic E-state index is 12.8. The van der Waals surface area contributed by atoms with Crippen LogP contribution in [0.5, 0.6) is 11.5 Å². The molecule has 1 unspecified atom stereocenters. The molecule has 2 aromatic rings. The Hall–Kier alpha value is -3.15. The molecule has 27 heavy (non-hydrogen) atoms. The van der Waals surface area contributed by atoms with Crippen molar-refractivity contribution < 1.29 is 23.8 Å². The van der Waals surface area contributed by atoms with E-state index in [0.29, 0.717) is 22.7 Å². The van der Waals surface area contributed by atoms with Crippen LogP contribution in [-0.4, -0.2) is 38.8 Å². The molecular weight excluding hydrogens is 346 g/mol. The number of methoxy groups -OCH3 is 2. The van der Waals surface area contributed by atoms with Crippen molar-refractivity contribution in [3.05, 3.63) is 53.6 Å². The lowest BCUT2D eigenvalue weighted by molar-refractivity contribution is -0.143. The second kappa shape index (κ2) is 9.52. The maximum absolute atomic E-state index is 12.8. The highest BCUT2D eigenvalue weighted by atomic mass is 16.5. The van der Waals surface area contributed by atoms with Gasteiger partial charge in [0, 0.05) is 17.8 Å². The molecule has 0 bridgehead atoms. The molecule has 0 heterocycles. The number of Topliss-reactive ketones (excluding diaryl/α,β-unsaturated/α-hetero) is 1. The SMILES string of the molecule is CCOC(=O)C(C=Nc1ccc(OC)c(OC)c1)C(=O)c1ccc(C)cc1. The summed E-state index contributed by atoms with van der Waals surface area (Å²) in [5.74, 6) is -1.05. The maximum Gasteiger partial charge on any atom is 0.322 e. The van der Waals surface area contributed by atoms with E-state index in [0.717, 1.165) is 5.56 Å². The van der Waals surface area contributed by atoms with Crippen LogP contribution < -0.4 is 9.47 Å². The lowest BCUT2D eigenvalue weighted by Gasteiger charge is -2.11. The van der Waals surface area contributed by atoms with Crippen LogP contribution in [-0.2, 0) is 9.53 Å². The zero-order valence-electron chi connectivity index (χ0n) is 15.9. The molecular formula is C21H23NO5. The number of carbonyl (C=O) groups is 2. The van der Waals surface area contributed by atoms with E-state index in [4.69, 9.17) is 14.2 Å². The zero-order chi connectivity index (χ0) is 19.8. The minimum atomic E-state index is -1.12. The molecule has 0 saturated heterocycles. The molecule has 6 heteroatoms. The number of hydrogen-bond donors (Lipinski definition) is 0. The molecule has 2 aromatic carbocycles. The Morgan fingerprint density at radius 2 is 1.70 bits per heavy atom. The number of benzene rings is 2. The molecule has 0 spiro atoms. The summed E-state index contributed by atoms with van der Waals surface area (Å²) in [4.78, 5) is 29.3. The van der Waals surface area contributed by atoms with Gasteiger partial charge in [0.1, 0.15) is 0 Å². The average Bonchev–Trinajstić information content (AvgIpc) is 2.68. The minimum absolute atomic E-state index is 0.181. The molecule has 142 valence electrons. The Bertz CT molecular complexity index is 827. The van der Waals surface area contributed by atoms with Gasteiger partial charge in [-0.05, 0) is 26.0 Å². The molecule has 0 fully saturated rings. The van der Waals surface area contributed by atoms with Crippen molar-refractivity contribution in [2.75, 3.05) is 20.8 Å². The molecule has 0 N–H and O–H groups in total. The van der Waals surface area contributed by atoms with Gasteiger partial charge in [0.25, 0.3) is 0 Å². The van der Waals surface area contributed by atoms with Crippen LogP contribution in [0, 0.1) is 12.8 Å². The lowest BCUT2D eigenvalue weighted by atomic mass is 9.98. The molecule has 0 amide bonds. The topological polar surface area (TPSA) is 74.2 Å². The summed E-state index contributed by atoms with van der Waals surface area (Å²) in [6.07, 6.45) is 1.31. The monoisotopic (exact) mass is 369 g/mol. The first-order valence-corrected chi connectivity index (χ1v) is 8.53. The van der Waals surface area contributed by atoms with E-state index >= 15 is 0 Å². The Kier molecular flexibility index (Phi) is 7.11. The van der Waals surface area contributed by atoms with Gasteiger partial charge in [0.05, 0.1) is 26.5 Å². The highest BCUT2D eigenvalue weighted by molar-refractivity contribution is 6.18. The van der Waals surface area contributed by atoms with Crippen molar-refractivity contribution >= 4 is 23.7 Å². The second-order valence-electron chi connectivity index (χ2n) is 5.78. The van der Waals surface area contributed by atoms with Gasteiger partial charge >= 0.3 is 5.97 Å². The Morgan fingerprint density at radius 1 is 1.04 bits per heavy atom. The smallest absolute Gasteiger partial charge is 0.322 e. The van der Waals surface area contributed by atoms with Gasteiger partial charge in [-0.2, -0.15) is 0 Å². The van der Waals surface area contributed by atoms with Crippen LogP contribution in [0.25, 0.3) is 0 Å². The number of ether oxygens (including phenoxy) is 3. The van der Waals surface area contributed by atoms with Crippen LogP contribution in [0.2, 0.25) is 0 Å². The number of ketones is 1. The number of nitrogens with zero attached hydrogens (tertiary/aromatic N) is 1. The van der Waals surface area contributed by atoms with Gasteiger partial charge in [-0.1, -0.05) is 29.8 Å². The largest absolute Gasteiger partial charge is 0.493 e. The van der Waals surface area contributed by atoms with Crippen molar-refractivity contribution in [3.8, 4) is 11.5 Å². The van der Waals surface area contributed by atoms with E-state index in [1.54, 1.807) is 37.3 Å². The predicted octanol–water partition coefficient (Wildman–Crippen LogP) is 3.78. The van der Waals surface area contributed by atoms with E-state index < -0.39 is 11.9 Å². The third kappa shape index (κ3) is 5.17. The van der Waals surface area contributed by atoms with Gasteiger partial charge in [-0.25, -0.2) is 0 Å². The van der Waals surface area contributed by atoms with Gasteiger partial charge in [-0.3, -0.25) is 14.6 Å². The Labute approximate surface area is 158 Å². The standard InChI is InChI=1S/C21H23NO5/c1-5-27-21(24)17(20(23)15-8-6-14(2)7-9-15)13-22-16-10-11-18(25-3)19(12-16)26-4/h6-13,17H,5H2,1-4H3. The average molecular weight is 369 g/mol. The summed E-state index contributed by atoms with van der Waals surface area (Å²) >= 11 is 0. The molecule has 0 aliphatic carbocycles. The van der Waals surface area contributed by atoms with Crippen LogP contribution >= 0.6 is 0 Å². The summed E-state index contributed by atoms with van der Waals surface area (Å²) in [5, 5.41) is 0. The Morgan fingerprint density at radius 3 is 2.30 bits per heavy atom. The zero-order valence-corrected chi connectivity index (χ0v) is 15.9.